The summed E-state index contributed by atoms with van der Waals surface area (Å²) < 4.78 is 4.27. The molecule has 0 bridgehead atoms. The van der Waals surface area contributed by atoms with Gasteiger partial charge in [0.15, 0.2) is 12.4 Å². The summed E-state index contributed by atoms with van der Waals surface area (Å²) in [5.41, 5.74) is 4.10. The average molecular weight is 657 g/mol. The molecule has 12 heteroatoms. The second-order valence-electron chi connectivity index (χ2n) is 11.3. The molecule has 4 rings (SSSR count). The van der Waals surface area contributed by atoms with Gasteiger partial charge in [0.1, 0.15) is 17.9 Å². The zero-order chi connectivity index (χ0) is 33.8. The van der Waals surface area contributed by atoms with Crippen LogP contribution in [-0.2, 0) is 13.1 Å². The van der Waals surface area contributed by atoms with Gasteiger partial charge in [-0.05, 0) is 85.0 Å². The van der Waals surface area contributed by atoms with Gasteiger partial charge in [0, 0.05) is 56.1 Å². The molecule has 0 aliphatic rings. The number of benzene rings is 2. The first kappa shape index (κ1) is 36.2. The van der Waals surface area contributed by atoms with Gasteiger partial charge < -0.3 is 30.2 Å². The maximum atomic E-state index is 9.28. The molecule has 2 aromatic carbocycles. The van der Waals surface area contributed by atoms with Crippen LogP contribution in [0.2, 0.25) is 0 Å². The van der Waals surface area contributed by atoms with Crippen molar-refractivity contribution >= 4 is 34.3 Å². The summed E-state index contributed by atoms with van der Waals surface area (Å²) in [6.45, 7) is 3.70. The monoisotopic (exact) mass is 656 g/mol. The second kappa shape index (κ2) is 20.6. The van der Waals surface area contributed by atoms with Crippen molar-refractivity contribution in [1.29, 1.82) is 0 Å². The molecule has 0 unspecified atom stereocenters. The average Bonchev–Trinajstić information content (AvgIpc) is 3.12. The first-order chi connectivity index (χ1) is 23.6. The van der Waals surface area contributed by atoms with E-state index in [1.807, 2.05) is 101 Å². The SMILES string of the molecule is OCCN(CCO)c1ccc(/N=N/c2ccc[n+](CCCCCC[n+]3ccccc3/N=N/c3ccc(N(CCO)CCO)cc3)c2)cc1. The zero-order valence-corrected chi connectivity index (χ0v) is 27.5. The van der Waals surface area contributed by atoms with Gasteiger partial charge in [-0.2, -0.15) is 5.11 Å². The molecule has 0 atom stereocenters. The lowest BCUT2D eigenvalue weighted by Crippen LogP contribution is -2.33. The minimum atomic E-state index is 0.0229. The number of rotatable bonds is 21. The highest BCUT2D eigenvalue weighted by Crippen LogP contribution is 2.23. The Morgan fingerprint density at radius 2 is 1.00 bits per heavy atom. The van der Waals surface area contributed by atoms with Gasteiger partial charge in [-0.1, -0.05) is 6.07 Å². The number of azo groups is 2. The van der Waals surface area contributed by atoms with E-state index in [1.165, 1.54) is 0 Å². The van der Waals surface area contributed by atoms with Crippen LogP contribution in [0.1, 0.15) is 25.7 Å². The second-order valence-corrected chi connectivity index (χ2v) is 11.3. The third kappa shape index (κ3) is 11.9. The Bertz CT molecular complexity index is 1540. The first-order valence-electron chi connectivity index (χ1n) is 16.6. The van der Waals surface area contributed by atoms with Gasteiger partial charge in [-0.3, -0.25) is 0 Å². The lowest BCUT2D eigenvalue weighted by molar-refractivity contribution is -0.697. The summed E-state index contributed by atoms with van der Waals surface area (Å²) in [6, 6.07) is 25.1. The van der Waals surface area contributed by atoms with E-state index in [0.29, 0.717) is 26.2 Å². The van der Waals surface area contributed by atoms with Crippen molar-refractivity contribution < 1.29 is 29.6 Å². The standard InChI is InChI=1S/C36H48N8O4/c45-26-22-42(23-27-46)34-14-10-31(11-15-34)37-39-33-8-7-19-41(30-33)18-4-1-2-5-20-44-21-6-3-9-36(44)40-38-32-12-16-35(17-13-32)43(24-28-47)25-29-48/h3,6-17,19,21,30,45-48H,1-2,4-5,18,20,22-29H2/q+2/b39-37+. The summed E-state index contributed by atoms with van der Waals surface area (Å²) in [7, 11) is 0. The van der Waals surface area contributed by atoms with E-state index in [1.54, 1.807) is 0 Å². The molecule has 0 saturated carbocycles. The molecule has 2 heterocycles. The van der Waals surface area contributed by atoms with Crippen molar-refractivity contribution in [2.24, 2.45) is 20.5 Å². The van der Waals surface area contributed by atoms with Crippen LogP contribution in [0.4, 0.5) is 34.3 Å². The molecule has 0 aliphatic carbocycles. The smallest absolute Gasteiger partial charge is 0.350 e. The van der Waals surface area contributed by atoms with E-state index < -0.39 is 0 Å². The van der Waals surface area contributed by atoms with Gasteiger partial charge in [0.25, 0.3) is 0 Å². The molecular formula is C36H48N8O4+2. The Morgan fingerprint density at radius 1 is 0.479 bits per heavy atom. The van der Waals surface area contributed by atoms with Crippen molar-refractivity contribution in [2.45, 2.75) is 38.8 Å². The summed E-state index contributed by atoms with van der Waals surface area (Å²) in [5.74, 6) is 0.798. The Labute approximate surface area is 282 Å². The van der Waals surface area contributed by atoms with E-state index in [2.05, 4.69) is 35.8 Å². The van der Waals surface area contributed by atoms with Crippen molar-refractivity contribution in [2.75, 3.05) is 62.4 Å². The molecule has 0 radical (unpaired) electrons. The van der Waals surface area contributed by atoms with Gasteiger partial charge in [0.05, 0.1) is 50.0 Å². The summed E-state index contributed by atoms with van der Waals surface area (Å²) in [5, 5.41) is 54.8. The quantitative estimate of drug-likeness (QED) is 0.0569. The zero-order valence-electron chi connectivity index (χ0n) is 27.5. The number of hydrogen-bond acceptors (Lipinski definition) is 10. The number of unbranched alkanes of at least 4 members (excludes halogenated alkanes) is 3. The number of anilines is 2. The largest absolute Gasteiger partial charge is 0.395 e. The first-order valence-corrected chi connectivity index (χ1v) is 16.6. The lowest BCUT2D eigenvalue weighted by Gasteiger charge is -2.22. The molecule has 2 aromatic heterocycles. The fourth-order valence-corrected chi connectivity index (χ4v) is 5.29. The van der Waals surface area contributed by atoms with E-state index in [4.69, 9.17) is 0 Å². The number of hydrogen-bond donors (Lipinski definition) is 4. The van der Waals surface area contributed by atoms with Crippen LogP contribution in [-0.4, -0.2) is 73.0 Å². The highest BCUT2D eigenvalue weighted by Gasteiger charge is 2.11. The minimum Gasteiger partial charge on any atom is -0.395 e. The molecule has 4 N–H and O–H groups in total. The van der Waals surface area contributed by atoms with Gasteiger partial charge in [-0.15, -0.1) is 5.11 Å². The number of pyridine rings is 2. The maximum Gasteiger partial charge on any atom is 0.350 e. The van der Waals surface area contributed by atoms with Crippen LogP contribution < -0.4 is 18.9 Å². The topological polar surface area (TPSA) is 145 Å². The molecule has 254 valence electrons. The third-order valence-electron chi connectivity index (χ3n) is 7.78. The van der Waals surface area contributed by atoms with Crippen LogP contribution in [0.5, 0.6) is 0 Å². The summed E-state index contributed by atoms with van der Waals surface area (Å²) >= 11 is 0. The van der Waals surface area contributed by atoms with E-state index in [0.717, 1.165) is 73.0 Å². The van der Waals surface area contributed by atoms with Crippen LogP contribution >= 0.6 is 0 Å². The minimum absolute atomic E-state index is 0.0229. The van der Waals surface area contributed by atoms with E-state index in [9.17, 15) is 20.4 Å². The molecule has 0 aliphatic heterocycles. The molecule has 12 nitrogen and oxygen atoms in total. The lowest BCUT2D eigenvalue weighted by atomic mass is 10.2. The molecule has 0 spiro atoms. The Hall–Kier alpha value is -4.62. The molecule has 4 aromatic rings. The normalized spacial score (nSPS) is 11.5. The van der Waals surface area contributed by atoms with Gasteiger partial charge in [0.2, 0.25) is 0 Å². The van der Waals surface area contributed by atoms with Crippen molar-refractivity contribution in [3.05, 3.63) is 97.5 Å². The number of aliphatic hydroxyl groups is 4. The summed E-state index contributed by atoms with van der Waals surface area (Å²) in [6.07, 6.45) is 10.4. The molecular weight excluding hydrogens is 608 g/mol. The van der Waals surface area contributed by atoms with Crippen LogP contribution in [0.25, 0.3) is 0 Å². The van der Waals surface area contributed by atoms with Crippen molar-refractivity contribution in [3.63, 3.8) is 0 Å². The van der Waals surface area contributed by atoms with Crippen LogP contribution in [0, 0.1) is 0 Å². The maximum absolute atomic E-state index is 9.28. The Kier molecular flexibility index (Phi) is 15.5. The molecule has 0 saturated heterocycles. The summed E-state index contributed by atoms with van der Waals surface area (Å²) in [4.78, 5) is 3.85. The third-order valence-corrected chi connectivity index (χ3v) is 7.78. The highest BCUT2D eigenvalue weighted by molar-refractivity contribution is 5.53. The number of aromatic nitrogens is 2. The molecule has 48 heavy (non-hydrogen) atoms. The Morgan fingerprint density at radius 3 is 1.56 bits per heavy atom. The van der Waals surface area contributed by atoms with Gasteiger partial charge >= 0.3 is 5.82 Å². The van der Waals surface area contributed by atoms with E-state index in [-0.39, 0.29) is 26.4 Å². The fraction of sp³-hybridized carbons (Fsp3) is 0.389. The Balaban J connectivity index is 1.21. The van der Waals surface area contributed by atoms with Crippen LogP contribution in [0.3, 0.4) is 0 Å². The van der Waals surface area contributed by atoms with Crippen molar-refractivity contribution in [1.82, 2.24) is 0 Å². The van der Waals surface area contributed by atoms with E-state index >= 15 is 0 Å². The fourth-order valence-electron chi connectivity index (χ4n) is 5.29. The predicted molar refractivity (Wildman–Crippen MR) is 186 cm³/mol. The number of aryl methyl sites for hydroxylation is 2. The van der Waals surface area contributed by atoms with Crippen LogP contribution in [0.15, 0.2) is 118 Å². The highest BCUT2D eigenvalue weighted by atomic mass is 16.3. The molecule has 0 fully saturated rings. The van der Waals surface area contributed by atoms with Gasteiger partial charge in [-0.25, -0.2) is 9.13 Å². The predicted octanol–water partition coefficient (Wildman–Crippen LogP) is 4.94. The van der Waals surface area contributed by atoms with Crippen molar-refractivity contribution in [3.8, 4) is 0 Å². The number of aliphatic hydroxyl groups excluding tert-OH is 4. The number of nitrogens with zero attached hydrogens (tertiary/aromatic N) is 8. The molecule has 0 amide bonds.